The fourth-order valence-corrected chi connectivity index (χ4v) is 1.01. The quantitative estimate of drug-likeness (QED) is 0.305. The largest absolute Gasteiger partial charge is 0.238 e. The lowest BCUT2D eigenvalue weighted by Gasteiger charge is -1.96. The van der Waals surface area contributed by atoms with E-state index in [1.54, 1.807) is 13.0 Å². The van der Waals surface area contributed by atoms with E-state index in [1.807, 2.05) is 0 Å². The number of nitrogens with zero attached hydrogens (tertiary/aromatic N) is 5. The number of azide groups is 1. The summed E-state index contributed by atoms with van der Waals surface area (Å²) in [5.41, 5.74) is 8.80. The molecule has 62 valence electrons. The van der Waals surface area contributed by atoms with Gasteiger partial charge in [-0.25, -0.2) is 9.97 Å². The Bertz CT molecular complexity index is 310. The molecule has 1 aromatic rings. The summed E-state index contributed by atoms with van der Waals surface area (Å²) >= 11 is 5.64. The van der Waals surface area contributed by atoms with Crippen molar-refractivity contribution in [3.8, 4) is 0 Å². The first-order valence-electron chi connectivity index (χ1n) is 3.23. The van der Waals surface area contributed by atoms with Crippen LogP contribution in [0.3, 0.4) is 0 Å². The summed E-state index contributed by atoms with van der Waals surface area (Å²) in [5.74, 6) is 0.442. The standard InChI is InChI=1S/C6H6ClN5/c1-4-2-5(7)11-6(10-4)3-9-12-8/h2H,3H2,1H3. The fourth-order valence-electron chi connectivity index (χ4n) is 0.754. The summed E-state index contributed by atoms with van der Waals surface area (Å²) in [6.07, 6.45) is 0. The van der Waals surface area contributed by atoms with Crippen LogP contribution in [0.15, 0.2) is 11.2 Å². The molecule has 0 atom stereocenters. The van der Waals surface area contributed by atoms with E-state index in [2.05, 4.69) is 20.0 Å². The van der Waals surface area contributed by atoms with E-state index in [9.17, 15) is 0 Å². The first-order chi connectivity index (χ1) is 5.72. The molecular formula is C6H6ClN5. The highest BCUT2D eigenvalue weighted by Gasteiger charge is 1.97. The molecule has 0 bridgehead atoms. The average Bonchev–Trinajstić information content (AvgIpc) is 1.99. The maximum Gasteiger partial charge on any atom is 0.136 e. The third kappa shape index (κ3) is 2.38. The second-order valence-corrected chi connectivity index (χ2v) is 2.52. The highest BCUT2D eigenvalue weighted by Crippen LogP contribution is 2.06. The molecule has 0 aromatic carbocycles. The summed E-state index contributed by atoms with van der Waals surface area (Å²) < 4.78 is 0. The number of aromatic nitrogens is 2. The van der Waals surface area contributed by atoms with Gasteiger partial charge in [-0.1, -0.05) is 16.7 Å². The van der Waals surface area contributed by atoms with Crippen LogP contribution in [0.2, 0.25) is 5.15 Å². The minimum Gasteiger partial charge on any atom is -0.238 e. The predicted molar refractivity (Wildman–Crippen MR) is 44.6 cm³/mol. The van der Waals surface area contributed by atoms with Gasteiger partial charge >= 0.3 is 0 Å². The number of halogens is 1. The van der Waals surface area contributed by atoms with Crippen molar-refractivity contribution in [2.45, 2.75) is 13.5 Å². The van der Waals surface area contributed by atoms with E-state index in [-0.39, 0.29) is 6.54 Å². The smallest absolute Gasteiger partial charge is 0.136 e. The maximum absolute atomic E-state index is 8.04. The van der Waals surface area contributed by atoms with Crippen molar-refractivity contribution in [3.63, 3.8) is 0 Å². The van der Waals surface area contributed by atoms with Gasteiger partial charge in [0.1, 0.15) is 11.0 Å². The molecule has 0 aliphatic heterocycles. The van der Waals surface area contributed by atoms with Gasteiger partial charge < -0.3 is 0 Å². The topological polar surface area (TPSA) is 74.5 Å². The highest BCUT2D eigenvalue weighted by atomic mass is 35.5. The minimum atomic E-state index is 0.137. The van der Waals surface area contributed by atoms with Gasteiger partial charge in [0, 0.05) is 10.6 Å². The van der Waals surface area contributed by atoms with Gasteiger partial charge in [-0.15, -0.1) is 0 Å². The highest BCUT2D eigenvalue weighted by molar-refractivity contribution is 6.29. The molecule has 5 nitrogen and oxygen atoms in total. The molecular weight excluding hydrogens is 178 g/mol. The van der Waals surface area contributed by atoms with Crippen molar-refractivity contribution >= 4 is 11.6 Å². The van der Waals surface area contributed by atoms with Crippen LogP contribution < -0.4 is 0 Å². The summed E-state index contributed by atoms with van der Waals surface area (Å²) in [6, 6.07) is 1.64. The van der Waals surface area contributed by atoms with Crippen molar-refractivity contribution < 1.29 is 0 Å². The van der Waals surface area contributed by atoms with Gasteiger partial charge in [0.25, 0.3) is 0 Å². The van der Waals surface area contributed by atoms with Crippen molar-refractivity contribution in [2.75, 3.05) is 0 Å². The molecule has 0 saturated heterocycles. The Labute approximate surface area is 74.0 Å². The summed E-state index contributed by atoms with van der Waals surface area (Å²) in [5, 5.41) is 3.69. The summed E-state index contributed by atoms with van der Waals surface area (Å²) in [6.45, 7) is 1.94. The Hall–Kier alpha value is -1.32. The Balaban J connectivity index is 2.92. The van der Waals surface area contributed by atoms with Crippen LogP contribution in [0, 0.1) is 6.92 Å². The van der Waals surface area contributed by atoms with Crippen LogP contribution in [-0.4, -0.2) is 9.97 Å². The lowest BCUT2D eigenvalue weighted by molar-refractivity contribution is 0.884. The molecule has 6 heteroatoms. The molecule has 0 saturated carbocycles. The van der Waals surface area contributed by atoms with Gasteiger partial charge in [0.15, 0.2) is 0 Å². The first kappa shape index (κ1) is 8.77. The second kappa shape index (κ2) is 3.90. The van der Waals surface area contributed by atoms with Crippen LogP contribution in [0.5, 0.6) is 0 Å². The molecule has 0 spiro atoms. The van der Waals surface area contributed by atoms with E-state index in [0.29, 0.717) is 11.0 Å². The monoisotopic (exact) mass is 183 g/mol. The van der Waals surface area contributed by atoms with Crippen LogP contribution in [0.1, 0.15) is 11.5 Å². The number of aryl methyl sites for hydroxylation is 1. The van der Waals surface area contributed by atoms with E-state index >= 15 is 0 Å². The normalized spacial score (nSPS) is 9.17. The van der Waals surface area contributed by atoms with Crippen molar-refractivity contribution in [3.05, 3.63) is 33.2 Å². The third-order valence-corrected chi connectivity index (χ3v) is 1.34. The van der Waals surface area contributed by atoms with E-state index in [0.717, 1.165) is 5.69 Å². The Morgan fingerprint density at radius 3 is 3.00 bits per heavy atom. The zero-order valence-electron chi connectivity index (χ0n) is 6.40. The average molecular weight is 184 g/mol. The fraction of sp³-hybridized carbons (Fsp3) is 0.333. The zero-order valence-corrected chi connectivity index (χ0v) is 7.15. The predicted octanol–water partition coefficient (Wildman–Crippen LogP) is 2.25. The third-order valence-electron chi connectivity index (χ3n) is 1.14. The molecule has 0 aliphatic carbocycles. The van der Waals surface area contributed by atoms with Crippen molar-refractivity contribution in [1.82, 2.24) is 9.97 Å². The van der Waals surface area contributed by atoms with Gasteiger partial charge in [-0.3, -0.25) is 0 Å². The molecule has 0 amide bonds. The van der Waals surface area contributed by atoms with Gasteiger partial charge in [-0.2, -0.15) is 0 Å². The zero-order chi connectivity index (χ0) is 8.97. The van der Waals surface area contributed by atoms with E-state index in [4.69, 9.17) is 17.1 Å². The number of rotatable bonds is 2. The Kier molecular flexibility index (Phi) is 2.85. The lowest BCUT2D eigenvalue weighted by atomic mass is 10.4. The van der Waals surface area contributed by atoms with Crippen LogP contribution in [0.25, 0.3) is 10.4 Å². The van der Waals surface area contributed by atoms with Gasteiger partial charge in [-0.05, 0) is 18.5 Å². The second-order valence-electron chi connectivity index (χ2n) is 2.14. The maximum atomic E-state index is 8.04. The van der Waals surface area contributed by atoms with Crippen LogP contribution in [-0.2, 0) is 6.54 Å². The molecule has 0 N–H and O–H groups in total. The van der Waals surface area contributed by atoms with E-state index < -0.39 is 0 Å². The van der Waals surface area contributed by atoms with Crippen LogP contribution in [0.4, 0.5) is 0 Å². The SMILES string of the molecule is Cc1cc(Cl)nc(CN=[N+]=[N-])n1. The van der Waals surface area contributed by atoms with Gasteiger partial charge in [0.2, 0.25) is 0 Å². The molecule has 12 heavy (non-hydrogen) atoms. The molecule has 1 heterocycles. The van der Waals surface area contributed by atoms with Crippen LogP contribution >= 0.6 is 11.6 Å². The number of hydrogen-bond donors (Lipinski definition) is 0. The number of hydrogen-bond acceptors (Lipinski definition) is 3. The molecule has 0 aliphatic rings. The molecule has 0 fully saturated rings. The molecule has 1 aromatic heterocycles. The minimum absolute atomic E-state index is 0.137. The summed E-state index contributed by atoms with van der Waals surface area (Å²) in [7, 11) is 0. The molecule has 0 radical (unpaired) electrons. The van der Waals surface area contributed by atoms with Crippen molar-refractivity contribution in [1.29, 1.82) is 0 Å². The van der Waals surface area contributed by atoms with Gasteiger partial charge in [0.05, 0.1) is 6.54 Å². The Morgan fingerprint density at radius 2 is 2.42 bits per heavy atom. The lowest BCUT2D eigenvalue weighted by Crippen LogP contribution is -1.94. The Morgan fingerprint density at radius 1 is 1.67 bits per heavy atom. The molecule has 0 unspecified atom stereocenters. The summed E-state index contributed by atoms with van der Waals surface area (Å²) in [4.78, 5) is 10.5. The van der Waals surface area contributed by atoms with E-state index in [1.165, 1.54) is 0 Å². The van der Waals surface area contributed by atoms with Crippen molar-refractivity contribution in [2.24, 2.45) is 5.11 Å². The first-order valence-corrected chi connectivity index (χ1v) is 3.61. The molecule has 1 rings (SSSR count).